The van der Waals surface area contributed by atoms with Gasteiger partial charge in [0.25, 0.3) is 0 Å². The zero-order valence-corrected chi connectivity index (χ0v) is 8.08. The molecule has 3 N–H and O–H groups in total. The Labute approximate surface area is 87.0 Å². The fourth-order valence-electron chi connectivity index (χ4n) is 0.861. The highest BCUT2D eigenvalue weighted by molar-refractivity contribution is 7.80. The van der Waals surface area contributed by atoms with Crippen LogP contribution in [0.3, 0.4) is 0 Å². The van der Waals surface area contributed by atoms with Gasteiger partial charge in [-0.05, 0) is 12.2 Å². The van der Waals surface area contributed by atoms with Crippen molar-refractivity contribution in [2.45, 2.75) is 0 Å². The number of nitriles is 1. The lowest BCUT2D eigenvalue weighted by molar-refractivity contribution is 1.03. The van der Waals surface area contributed by atoms with Crippen LogP contribution in [0.25, 0.3) is 0 Å². The first-order valence-corrected chi connectivity index (χ1v) is 4.23. The molecule has 0 radical (unpaired) electrons. The van der Waals surface area contributed by atoms with Crippen LogP contribution < -0.4 is 11.2 Å². The summed E-state index contributed by atoms with van der Waals surface area (Å²) in [5.74, 6) is 0. The second kappa shape index (κ2) is 4.94. The van der Waals surface area contributed by atoms with E-state index in [1.165, 1.54) is 0 Å². The highest BCUT2D eigenvalue weighted by Gasteiger charge is 2.00. The molecule has 0 aromatic heterocycles. The van der Waals surface area contributed by atoms with Crippen molar-refractivity contribution in [2.24, 2.45) is 10.8 Å². The molecule has 70 valence electrons. The van der Waals surface area contributed by atoms with Crippen molar-refractivity contribution in [2.75, 3.05) is 0 Å². The van der Waals surface area contributed by atoms with Gasteiger partial charge in [0.05, 0.1) is 0 Å². The number of hydrogen-bond donors (Lipinski definition) is 2. The second-order valence-corrected chi connectivity index (χ2v) is 2.85. The first-order chi connectivity index (χ1) is 6.74. The third kappa shape index (κ3) is 2.84. The predicted molar refractivity (Wildman–Crippen MR) is 58.5 cm³/mol. The van der Waals surface area contributed by atoms with E-state index in [1.54, 1.807) is 12.1 Å². The summed E-state index contributed by atoms with van der Waals surface area (Å²) in [7, 11) is 0. The molecular weight excluding hydrogens is 196 g/mol. The summed E-state index contributed by atoms with van der Waals surface area (Å²) in [6, 6.07) is 11.0. The van der Waals surface area contributed by atoms with Gasteiger partial charge in [0, 0.05) is 5.56 Å². The molecule has 0 aliphatic carbocycles. The monoisotopic (exact) mass is 204 g/mol. The third-order valence-corrected chi connectivity index (χ3v) is 1.52. The van der Waals surface area contributed by atoms with Crippen LogP contribution in [0.5, 0.6) is 0 Å². The molecule has 0 saturated carbocycles. The van der Waals surface area contributed by atoms with E-state index in [-0.39, 0.29) is 10.8 Å². The van der Waals surface area contributed by atoms with Gasteiger partial charge in [0.15, 0.2) is 10.8 Å². The topological polar surface area (TPSA) is 74.2 Å². The molecule has 0 spiro atoms. The van der Waals surface area contributed by atoms with E-state index in [9.17, 15) is 0 Å². The number of benzene rings is 1. The molecule has 0 aliphatic rings. The predicted octanol–water partition coefficient (Wildman–Crippen LogP) is 0.747. The van der Waals surface area contributed by atoms with Crippen molar-refractivity contribution >= 4 is 23.0 Å². The van der Waals surface area contributed by atoms with Crippen LogP contribution in [0, 0.1) is 11.3 Å². The molecule has 4 nitrogen and oxygen atoms in total. The zero-order valence-electron chi connectivity index (χ0n) is 7.27. The summed E-state index contributed by atoms with van der Waals surface area (Å²) in [6.45, 7) is 0. The average molecular weight is 204 g/mol. The molecule has 0 atom stereocenters. The van der Waals surface area contributed by atoms with Gasteiger partial charge in [0.2, 0.25) is 0 Å². The van der Waals surface area contributed by atoms with Crippen molar-refractivity contribution < 1.29 is 0 Å². The molecule has 0 bridgehead atoms. The lowest BCUT2D eigenvalue weighted by atomic mass is 10.1. The van der Waals surface area contributed by atoms with Gasteiger partial charge in [-0.2, -0.15) is 10.4 Å². The molecule has 0 fully saturated rings. The fraction of sp³-hybridized carbons (Fsp3) is 0. The summed E-state index contributed by atoms with van der Waals surface area (Å²) in [4.78, 5) is 0. The normalized spacial score (nSPS) is 10.4. The lowest BCUT2D eigenvalue weighted by Crippen LogP contribution is -2.25. The maximum Gasteiger partial charge on any atom is 0.184 e. The van der Waals surface area contributed by atoms with Crippen LogP contribution in [0.4, 0.5) is 0 Å². The minimum Gasteiger partial charge on any atom is -0.375 e. The second-order valence-electron chi connectivity index (χ2n) is 2.41. The van der Waals surface area contributed by atoms with E-state index >= 15 is 0 Å². The van der Waals surface area contributed by atoms with Gasteiger partial charge in [0.1, 0.15) is 6.07 Å². The van der Waals surface area contributed by atoms with E-state index < -0.39 is 0 Å². The van der Waals surface area contributed by atoms with Gasteiger partial charge < -0.3 is 5.73 Å². The fourth-order valence-corrected chi connectivity index (χ4v) is 0.907. The Hall–Kier alpha value is -1.93. The summed E-state index contributed by atoms with van der Waals surface area (Å²) < 4.78 is 0. The lowest BCUT2D eigenvalue weighted by Gasteiger charge is -1.98. The summed E-state index contributed by atoms with van der Waals surface area (Å²) >= 11 is 4.56. The maximum absolute atomic E-state index is 8.79. The Kier molecular flexibility index (Phi) is 3.58. The number of thiocarbonyl (C=S) groups is 1. The van der Waals surface area contributed by atoms with Gasteiger partial charge in [-0.1, -0.05) is 30.3 Å². The van der Waals surface area contributed by atoms with Crippen LogP contribution in [0.2, 0.25) is 0 Å². The smallest absolute Gasteiger partial charge is 0.184 e. The van der Waals surface area contributed by atoms with E-state index in [2.05, 4.69) is 22.7 Å². The van der Waals surface area contributed by atoms with Gasteiger partial charge >= 0.3 is 0 Å². The first kappa shape index (κ1) is 10.2. The van der Waals surface area contributed by atoms with Crippen LogP contribution in [0.1, 0.15) is 5.56 Å². The summed E-state index contributed by atoms with van der Waals surface area (Å²) in [5.41, 5.74) is 8.52. The summed E-state index contributed by atoms with van der Waals surface area (Å²) in [5, 5.41) is 12.6. The molecule has 1 rings (SSSR count). The third-order valence-electron chi connectivity index (χ3n) is 1.43. The highest BCUT2D eigenvalue weighted by Crippen LogP contribution is 1.99. The Balaban J connectivity index is 2.89. The van der Waals surface area contributed by atoms with Crippen LogP contribution in [-0.2, 0) is 0 Å². The highest BCUT2D eigenvalue weighted by atomic mass is 32.1. The van der Waals surface area contributed by atoms with E-state index in [4.69, 9.17) is 11.0 Å². The maximum atomic E-state index is 8.79. The molecule has 1 aromatic carbocycles. The van der Waals surface area contributed by atoms with E-state index in [1.807, 2.05) is 24.3 Å². The Morgan fingerprint density at radius 3 is 2.57 bits per heavy atom. The molecule has 5 heteroatoms. The van der Waals surface area contributed by atoms with Gasteiger partial charge in [-0.25, -0.2) is 0 Å². The van der Waals surface area contributed by atoms with Crippen molar-refractivity contribution in [3.05, 3.63) is 35.9 Å². The first-order valence-electron chi connectivity index (χ1n) is 3.82. The number of hydrogen-bond acceptors (Lipinski definition) is 3. The molecule has 1 aromatic rings. The number of nitrogens with two attached hydrogens (primary N) is 1. The molecule has 14 heavy (non-hydrogen) atoms. The number of rotatable bonds is 2. The number of nitrogens with one attached hydrogen (secondary N) is 1. The molecule has 0 saturated heterocycles. The van der Waals surface area contributed by atoms with Gasteiger partial charge in [-0.3, -0.25) is 5.43 Å². The quantitative estimate of drug-likeness (QED) is 0.423. The number of hydrazone groups is 1. The molecule has 0 heterocycles. The molecule has 0 unspecified atom stereocenters. The van der Waals surface area contributed by atoms with Crippen LogP contribution in [0.15, 0.2) is 35.4 Å². The minimum atomic E-state index is 0.0358. The largest absolute Gasteiger partial charge is 0.375 e. The molecule has 0 amide bonds. The van der Waals surface area contributed by atoms with E-state index in [0.717, 1.165) is 5.56 Å². The van der Waals surface area contributed by atoms with Crippen molar-refractivity contribution in [1.29, 1.82) is 5.26 Å². The molecule has 0 aliphatic heterocycles. The Morgan fingerprint density at radius 2 is 2.07 bits per heavy atom. The molecular formula is C9H8N4S. The Morgan fingerprint density at radius 1 is 1.43 bits per heavy atom. The number of nitrogens with zero attached hydrogens (tertiary/aromatic N) is 2. The minimum absolute atomic E-state index is 0.0358. The SMILES string of the molecule is N#C/C(=N\NC(N)=S)c1ccccc1. The van der Waals surface area contributed by atoms with Gasteiger partial charge in [-0.15, -0.1) is 0 Å². The van der Waals surface area contributed by atoms with E-state index in [0.29, 0.717) is 0 Å². The van der Waals surface area contributed by atoms with Crippen molar-refractivity contribution in [3.63, 3.8) is 0 Å². The average Bonchev–Trinajstić information content (AvgIpc) is 2.20. The Bertz CT molecular complexity index is 391. The van der Waals surface area contributed by atoms with Crippen LogP contribution in [-0.4, -0.2) is 10.8 Å². The summed E-state index contributed by atoms with van der Waals surface area (Å²) in [6.07, 6.45) is 0. The standard InChI is InChI=1S/C9H8N4S/c10-6-8(12-13-9(11)14)7-4-2-1-3-5-7/h1-5H,(H3,11,13,14)/b12-8+. The zero-order chi connectivity index (χ0) is 10.4. The van der Waals surface area contributed by atoms with Crippen LogP contribution >= 0.6 is 12.2 Å². The van der Waals surface area contributed by atoms with Crippen molar-refractivity contribution in [3.8, 4) is 6.07 Å². The van der Waals surface area contributed by atoms with Crippen molar-refractivity contribution in [1.82, 2.24) is 5.43 Å².